The molecule has 1 fully saturated rings. The highest BCUT2D eigenvalue weighted by molar-refractivity contribution is 6.39. The van der Waals surface area contributed by atoms with Crippen LogP contribution in [-0.2, 0) is 9.59 Å². The minimum atomic E-state index is -0.885. The Bertz CT molecular complexity index is 890. The number of nitrogens with zero attached hydrogens (tertiary/aromatic N) is 1. The van der Waals surface area contributed by atoms with Crippen LogP contribution in [0, 0.1) is 5.82 Å². The minimum absolute atomic E-state index is 0.160. The number of ether oxygens (including phenoxy) is 1. The van der Waals surface area contributed by atoms with Crippen LogP contribution in [0.5, 0.6) is 5.75 Å². The van der Waals surface area contributed by atoms with Crippen molar-refractivity contribution in [2.24, 2.45) is 0 Å². The van der Waals surface area contributed by atoms with Crippen LogP contribution in [0.15, 0.2) is 54.1 Å². The van der Waals surface area contributed by atoms with Gasteiger partial charge in [0.05, 0.1) is 12.8 Å². The van der Waals surface area contributed by atoms with Crippen LogP contribution >= 0.6 is 0 Å². The summed E-state index contributed by atoms with van der Waals surface area (Å²) in [4.78, 5) is 37.5. The van der Waals surface area contributed by atoms with Crippen molar-refractivity contribution in [2.45, 2.75) is 0 Å². The van der Waals surface area contributed by atoms with Gasteiger partial charge in [0.25, 0.3) is 11.8 Å². The maximum Gasteiger partial charge on any atom is 0.335 e. The molecule has 0 atom stereocenters. The average Bonchev–Trinajstić information content (AvgIpc) is 2.60. The fourth-order valence-corrected chi connectivity index (χ4v) is 2.38. The number of hydrogen-bond donors (Lipinski definition) is 1. The molecule has 0 bridgehead atoms. The second kappa shape index (κ2) is 6.56. The molecular weight excluding hydrogens is 327 g/mol. The van der Waals surface area contributed by atoms with E-state index in [4.69, 9.17) is 4.74 Å². The van der Waals surface area contributed by atoms with Gasteiger partial charge in [0.15, 0.2) is 0 Å². The number of carbonyl (C=O) groups is 3. The molecule has 1 saturated heterocycles. The summed E-state index contributed by atoms with van der Waals surface area (Å²) in [6.07, 6.45) is 1.36. The molecule has 0 saturated carbocycles. The molecule has 7 heteroatoms. The number of nitrogens with one attached hydrogen (secondary N) is 1. The van der Waals surface area contributed by atoms with Crippen molar-refractivity contribution in [3.63, 3.8) is 0 Å². The van der Waals surface area contributed by atoms with Gasteiger partial charge >= 0.3 is 6.03 Å². The number of methoxy groups -OCH3 is 1. The van der Waals surface area contributed by atoms with E-state index in [2.05, 4.69) is 5.32 Å². The van der Waals surface area contributed by atoms with E-state index >= 15 is 0 Å². The molecule has 1 aliphatic rings. The molecule has 126 valence electrons. The molecule has 1 aliphatic heterocycles. The van der Waals surface area contributed by atoms with Gasteiger partial charge in [0.2, 0.25) is 0 Å². The highest BCUT2D eigenvalue weighted by Gasteiger charge is 2.36. The Morgan fingerprint density at radius 1 is 1.08 bits per heavy atom. The zero-order chi connectivity index (χ0) is 18.0. The Morgan fingerprint density at radius 3 is 2.48 bits per heavy atom. The van der Waals surface area contributed by atoms with E-state index < -0.39 is 23.7 Å². The Labute approximate surface area is 142 Å². The number of carbonyl (C=O) groups excluding carboxylic acids is 3. The van der Waals surface area contributed by atoms with Crippen molar-refractivity contribution in [2.75, 3.05) is 12.0 Å². The molecular formula is C18H13FN2O4. The standard InChI is InChI=1S/C18H13FN2O4/c1-25-14-4-2-3-11(9-14)10-15-16(22)20-18(24)21(17(15)23)13-7-5-12(19)6-8-13/h2-10H,1H3,(H,20,22,24)/b15-10-. The van der Waals surface area contributed by atoms with Crippen molar-refractivity contribution >= 4 is 29.6 Å². The topological polar surface area (TPSA) is 75.7 Å². The molecule has 0 spiro atoms. The Morgan fingerprint density at radius 2 is 1.80 bits per heavy atom. The number of halogens is 1. The molecule has 1 N–H and O–H groups in total. The van der Waals surface area contributed by atoms with Gasteiger partial charge in [-0.2, -0.15) is 0 Å². The first-order valence-corrected chi connectivity index (χ1v) is 7.30. The van der Waals surface area contributed by atoms with Crippen LogP contribution in [-0.4, -0.2) is 25.0 Å². The third-order valence-electron chi connectivity index (χ3n) is 3.59. The zero-order valence-corrected chi connectivity index (χ0v) is 13.2. The predicted molar refractivity (Wildman–Crippen MR) is 88.4 cm³/mol. The summed E-state index contributed by atoms with van der Waals surface area (Å²) in [5.74, 6) is -1.53. The zero-order valence-electron chi connectivity index (χ0n) is 13.2. The van der Waals surface area contributed by atoms with Crippen LogP contribution in [0.25, 0.3) is 6.08 Å². The van der Waals surface area contributed by atoms with E-state index in [1.54, 1.807) is 24.3 Å². The van der Waals surface area contributed by atoms with Gasteiger partial charge in [-0.05, 0) is 48.0 Å². The molecule has 0 aromatic heterocycles. The molecule has 3 rings (SSSR count). The van der Waals surface area contributed by atoms with Gasteiger partial charge in [0.1, 0.15) is 17.1 Å². The Kier molecular flexibility index (Phi) is 4.30. The number of anilines is 1. The smallest absolute Gasteiger partial charge is 0.335 e. The first kappa shape index (κ1) is 16.4. The van der Waals surface area contributed by atoms with Gasteiger partial charge in [-0.15, -0.1) is 0 Å². The van der Waals surface area contributed by atoms with E-state index in [9.17, 15) is 18.8 Å². The number of rotatable bonds is 3. The lowest BCUT2D eigenvalue weighted by molar-refractivity contribution is -0.122. The molecule has 2 aromatic carbocycles. The van der Waals surface area contributed by atoms with Crippen LogP contribution in [0.2, 0.25) is 0 Å². The van der Waals surface area contributed by atoms with Gasteiger partial charge in [-0.3, -0.25) is 14.9 Å². The van der Waals surface area contributed by atoms with Crippen molar-refractivity contribution in [1.29, 1.82) is 0 Å². The van der Waals surface area contributed by atoms with E-state index in [0.717, 1.165) is 17.0 Å². The summed E-state index contributed by atoms with van der Waals surface area (Å²) in [5.41, 5.74) is 0.511. The summed E-state index contributed by atoms with van der Waals surface area (Å²) in [5, 5.41) is 2.11. The quantitative estimate of drug-likeness (QED) is 0.688. The molecule has 25 heavy (non-hydrogen) atoms. The normalized spacial score (nSPS) is 16.2. The summed E-state index contributed by atoms with van der Waals surface area (Å²) >= 11 is 0. The number of barbiturate groups is 1. The number of benzene rings is 2. The molecule has 4 amide bonds. The van der Waals surface area contributed by atoms with E-state index in [0.29, 0.717) is 11.3 Å². The third kappa shape index (κ3) is 3.25. The van der Waals surface area contributed by atoms with Crippen LogP contribution in [0.3, 0.4) is 0 Å². The summed E-state index contributed by atoms with van der Waals surface area (Å²) in [6, 6.07) is 10.7. The fourth-order valence-electron chi connectivity index (χ4n) is 2.38. The van der Waals surface area contributed by atoms with E-state index in [1.807, 2.05) is 0 Å². The number of hydrogen-bond acceptors (Lipinski definition) is 4. The first-order chi connectivity index (χ1) is 12.0. The summed E-state index contributed by atoms with van der Waals surface area (Å²) < 4.78 is 18.2. The van der Waals surface area contributed by atoms with Crippen molar-refractivity contribution in [3.8, 4) is 5.75 Å². The van der Waals surface area contributed by atoms with E-state index in [-0.39, 0.29) is 11.3 Å². The Hall–Kier alpha value is -3.48. The second-order valence-electron chi connectivity index (χ2n) is 5.21. The van der Waals surface area contributed by atoms with Gasteiger partial charge < -0.3 is 4.74 Å². The lowest BCUT2D eigenvalue weighted by Gasteiger charge is -2.26. The van der Waals surface area contributed by atoms with Crippen molar-refractivity contribution in [3.05, 3.63) is 65.5 Å². The molecule has 0 aliphatic carbocycles. The maximum absolute atomic E-state index is 13.1. The molecule has 6 nitrogen and oxygen atoms in total. The number of urea groups is 1. The maximum atomic E-state index is 13.1. The molecule has 0 radical (unpaired) electrons. The summed E-state index contributed by atoms with van der Waals surface area (Å²) in [7, 11) is 1.50. The lowest BCUT2D eigenvalue weighted by atomic mass is 10.1. The highest BCUT2D eigenvalue weighted by atomic mass is 19.1. The van der Waals surface area contributed by atoms with Crippen molar-refractivity contribution in [1.82, 2.24) is 5.32 Å². The predicted octanol–water partition coefficient (Wildman–Crippen LogP) is 2.50. The minimum Gasteiger partial charge on any atom is -0.497 e. The van der Waals surface area contributed by atoms with Crippen LogP contribution in [0.1, 0.15) is 5.56 Å². The molecule has 2 aromatic rings. The SMILES string of the molecule is COc1cccc(/C=C2/C(=O)NC(=O)N(c3ccc(F)cc3)C2=O)c1. The fraction of sp³-hybridized carbons (Fsp3) is 0.0556. The number of imide groups is 2. The van der Waals surface area contributed by atoms with Gasteiger partial charge in [-0.25, -0.2) is 14.1 Å². The third-order valence-corrected chi connectivity index (χ3v) is 3.59. The Balaban J connectivity index is 2.00. The molecule has 0 unspecified atom stereocenters. The van der Waals surface area contributed by atoms with Crippen molar-refractivity contribution < 1.29 is 23.5 Å². The van der Waals surface area contributed by atoms with Gasteiger partial charge in [0, 0.05) is 0 Å². The number of amides is 4. The highest BCUT2D eigenvalue weighted by Crippen LogP contribution is 2.23. The monoisotopic (exact) mass is 340 g/mol. The van der Waals surface area contributed by atoms with Gasteiger partial charge in [-0.1, -0.05) is 12.1 Å². The first-order valence-electron chi connectivity index (χ1n) is 7.30. The average molecular weight is 340 g/mol. The van der Waals surface area contributed by atoms with E-state index in [1.165, 1.54) is 25.3 Å². The molecule has 1 heterocycles. The van der Waals surface area contributed by atoms with Crippen LogP contribution < -0.4 is 15.0 Å². The lowest BCUT2D eigenvalue weighted by Crippen LogP contribution is -2.54. The largest absolute Gasteiger partial charge is 0.497 e. The second-order valence-corrected chi connectivity index (χ2v) is 5.21. The van der Waals surface area contributed by atoms with Crippen LogP contribution in [0.4, 0.5) is 14.9 Å². The summed E-state index contributed by atoms with van der Waals surface area (Å²) in [6.45, 7) is 0.